The fourth-order valence-corrected chi connectivity index (χ4v) is 3.33. The van der Waals surface area contributed by atoms with Crippen LogP contribution in [0, 0.1) is 0 Å². The molecule has 3 rings (SSSR count). The Morgan fingerprint density at radius 2 is 1.88 bits per heavy atom. The van der Waals surface area contributed by atoms with Crippen LogP contribution in [0.5, 0.6) is 11.5 Å². The molecule has 1 aliphatic rings. The van der Waals surface area contributed by atoms with Gasteiger partial charge in [0.05, 0.1) is 6.54 Å². The largest absolute Gasteiger partial charge is 0.480 e. The van der Waals surface area contributed by atoms with Crippen LogP contribution in [0.4, 0.5) is 0 Å². The fraction of sp³-hybridized carbons (Fsp3) is 0.381. The van der Waals surface area contributed by atoms with E-state index in [4.69, 9.17) is 9.84 Å². The van der Waals surface area contributed by atoms with Crippen molar-refractivity contribution in [3.63, 3.8) is 0 Å². The zero-order valence-electron chi connectivity index (χ0n) is 15.1. The first-order valence-corrected chi connectivity index (χ1v) is 9.15. The molecule has 1 aliphatic carbocycles. The summed E-state index contributed by atoms with van der Waals surface area (Å²) < 4.78 is 5.88. The Kier molecular flexibility index (Phi) is 6.26. The number of nitrogens with zero attached hydrogens (tertiary/aromatic N) is 1. The molecule has 0 unspecified atom stereocenters. The van der Waals surface area contributed by atoms with Gasteiger partial charge in [0.1, 0.15) is 11.5 Å². The Hall–Kier alpha value is -2.37. The third-order valence-corrected chi connectivity index (χ3v) is 4.85. The van der Waals surface area contributed by atoms with Crippen LogP contribution < -0.4 is 10.1 Å². The van der Waals surface area contributed by atoms with Crippen LogP contribution >= 0.6 is 0 Å². The highest BCUT2D eigenvalue weighted by Gasteiger charge is 2.33. The third kappa shape index (κ3) is 5.07. The molecule has 1 saturated carbocycles. The SMILES string of the molecule is CCN(CC(=O)O)C1CC(NCc2cccc(Oc3ccccc3)c2)C1. The van der Waals surface area contributed by atoms with Gasteiger partial charge in [-0.2, -0.15) is 0 Å². The van der Waals surface area contributed by atoms with Gasteiger partial charge in [0.2, 0.25) is 0 Å². The van der Waals surface area contributed by atoms with Crippen LogP contribution in [-0.2, 0) is 11.3 Å². The van der Waals surface area contributed by atoms with E-state index in [0.29, 0.717) is 12.1 Å². The lowest BCUT2D eigenvalue weighted by Crippen LogP contribution is -2.53. The van der Waals surface area contributed by atoms with Crippen molar-refractivity contribution in [1.29, 1.82) is 0 Å². The number of nitrogens with one attached hydrogen (secondary N) is 1. The monoisotopic (exact) mass is 354 g/mol. The van der Waals surface area contributed by atoms with E-state index in [1.165, 1.54) is 5.56 Å². The molecular weight excluding hydrogens is 328 g/mol. The lowest BCUT2D eigenvalue weighted by Gasteiger charge is -2.42. The number of para-hydroxylation sites is 1. The summed E-state index contributed by atoms with van der Waals surface area (Å²) in [6, 6.07) is 18.7. The lowest BCUT2D eigenvalue weighted by molar-refractivity contribution is -0.139. The zero-order valence-corrected chi connectivity index (χ0v) is 15.1. The minimum Gasteiger partial charge on any atom is -0.480 e. The number of rotatable bonds is 9. The zero-order chi connectivity index (χ0) is 18.4. The Morgan fingerprint density at radius 3 is 2.58 bits per heavy atom. The summed E-state index contributed by atoms with van der Waals surface area (Å²) in [4.78, 5) is 12.9. The average Bonchev–Trinajstić information content (AvgIpc) is 2.60. The maximum Gasteiger partial charge on any atom is 0.317 e. The predicted octanol–water partition coefficient (Wildman–Crippen LogP) is 3.51. The smallest absolute Gasteiger partial charge is 0.317 e. The van der Waals surface area contributed by atoms with Crippen LogP contribution in [0.25, 0.3) is 0 Å². The van der Waals surface area contributed by atoms with Gasteiger partial charge in [0, 0.05) is 18.6 Å². The summed E-state index contributed by atoms with van der Waals surface area (Å²) in [7, 11) is 0. The first-order valence-electron chi connectivity index (χ1n) is 9.15. The van der Waals surface area contributed by atoms with Crippen LogP contribution in [0.1, 0.15) is 25.3 Å². The molecule has 0 atom stereocenters. The van der Waals surface area contributed by atoms with Crippen molar-refractivity contribution in [2.45, 2.75) is 38.4 Å². The molecule has 0 heterocycles. The number of hydrogen-bond donors (Lipinski definition) is 2. The Morgan fingerprint density at radius 1 is 1.15 bits per heavy atom. The second-order valence-electron chi connectivity index (χ2n) is 6.72. The third-order valence-electron chi connectivity index (χ3n) is 4.85. The highest BCUT2D eigenvalue weighted by Crippen LogP contribution is 2.26. The summed E-state index contributed by atoms with van der Waals surface area (Å²) in [5.74, 6) is 0.914. The maximum atomic E-state index is 10.9. The molecule has 2 aromatic carbocycles. The molecule has 2 N–H and O–H groups in total. The van der Waals surface area contributed by atoms with E-state index in [-0.39, 0.29) is 6.54 Å². The summed E-state index contributed by atoms with van der Waals surface area (Å²) in [6.07, 6.45) is 2.00. The van der Waals surface area contributed by atoms with Crippen molar-refractivity contribution in [3.8, 4) is 11.5 Å². The van der Waals surface area contributed by atoms with E-state index < -0.39 is 5.97 Å². The van der Waals surface area contributed by atoms with Crippen molar-refractivity contribution >= 4 is 5.97 Å². The summed E-state index contributed by atoms with van der Waals surface area (Å²) in [6.45, 7) is 3.71. The normalized spacial score (nSPS) is 19.2. The van der Waals surface area contributed by atoms with Gasteiger partial charge in [0.15, 0.2) is 0 Å². The van der Waals surface area contributed by atoms with Crippen molar-refractivity contribution < 1.29 is 14.6 Å². The van der Waals surface area contributed by atoms with Gasteiger partial charge in [-0.05, 0) is 49.2 Å². The molecule has 5 heteroatoms. The highest BCUT2D eigenvalue weighted by atomic mass is 16.5. The fourth-order valence-electron chi connectivity index (χ4n) is 3.33. The molecule has 2 aromatic rings. The molecule has 0 saturated heterocycles. The Balaban J connectivity index is 1.46. The molecule has 138 valence electrons. The molecular formula is C21H26N2O3. The van der Waals surface area contributed by atoms with E-state index in [9.17, 15) is 4.79 Å². The highest BCUT2D eigenvalue weighted by molar-refractivity contribution is 5.69. The van der Waals surface area contributed by atoms with Crippen LogP contribution in [0.15, 0.2) is 54.6 Å². The molecule has 0 radical (unpaired) electrons. The molecule has 1 fully saturated rings. The molecule has 0 aliphatic heterocycles. The van der Waals surface area contributed by atoms with E-state index in [1.54, 1.807) is 0 Å². The molecule has 0 aromatic heterocycles. The van der Waals surface area contributed by atoms with E-state index in [0.717, 1.165) is 37.4 Å². The molecule has 0 amide bonds. The van der Waals surface area contributed by atoms with Gasteiger partial charge in [-0.3, -0.25) is 9.69 Å². The van der Waals surface area contributed by atoms with Gasteiger partial charge < -0.3 is 15.2 Å². The molecule has 0 bridgehead atoms. The van der Waals surface area contributed by atoms with E-state index in [2.05, 4.69) is 17.4 Å². The first-order chi connectivity index (χ1) is 12.6. The van der Waals surface area contributed by atoms with E-state index >= 15 is 0 Å². The van der Waals surface area contributed by atoms with Gasteiger partial charge >= 0.3 is 5.97 Å². The topological polar surface area (TPSA) is 61.8 Å². The van der Waals surface area contributed by atoms with Gasteiger partial charge in [-0.1, -0.05) is 37.3 Å². The van der Waals surface area contributed by atoms with Crippen LogP contribution in [0.2, 0.25) is 0 Å². The maximum absolute atomic E-state index is 10.9. The summed E-state index contributed by atoms with van der Waals surface area (Å²) in [5, 5.41) is 12.5. The number of benzene rings is 2. The number of carboxylic acid groups (broad SMARTS) is 1. The van der Waals surface area contributed by atoms with Gasteiger partial charge in [0.25, 0.3) is 0 Å². The minimum absolute atomic E-state index is 0.132. The quantitative estimate of drug-likeness (QED) is 0.722. The van der Waals surface area contributed by atoms with Crippen molar-refractivity contribution in [3.05, 3.63) is 60.2 Å². The number of carboxylic acids is 1. The molecule has 0 spiro atoms. The minimum atomic E-state index is -0.751. The number of ether oxygens (including phenoxy) is 1. The Bertz CT molecular complexity index is 714. The average molecular weight is 354 g/mol. The lowest BCUT2D eigenvalue weighted by atomic mass is 9.85. The van der Waals surface area contributed by atoms with Crippen molar-refractivity contribution in [1.82, 2.24) is 10.2 Å². The first kappa shape index (κ1) is 18.4. The van der Waals surface area contributed by atoms with Gasteiger partial charge in [-0.25, -0.2) is 0 Å². The number of aliphatic carboxylic acids is 1. The van der Waals surface area contributed by atoms with Crippen molar-refractivity contribution in [2.24, 2.45) is 0 Å². The van der Waals surface area contributed by atoms with Crippen molar-refractivity contribution in [2.75, 3.05) is 13.1 Å². The van der Waals surface area contributed by atoms with Gasteiger partial charge in [-0.15, -0.1) is 0 Å². The van der Waals surface area contributed by atoms with E-state index in [1.807, 2.05) is 54.3 Å². The number of hydrogen-bond acceptors (Lipinski definition) is 4. The number of carbonyl (C=O) groups is 1. The number of likely N-dealkylation sites (N-methyl/N-ethyl adjacent to an activating group) is 1. The van der Waals surface area contributed by atoms with Crippen LogP contribution in [-0.4, -0.2) is 41.1 Å². The second-order valence-corrected chi connectivity index (χ2v) is 6.72. The second kappa shape index (κ2) is 8.83. The summed E-state index contributed by atoms with van der Waals surface area (Å²) in [5.41, 5.74) is 1.18. The standard InChI is InChI=1S/C21H26N2O3/c1-2-23(15-21(24)25)18-12-17(13-18)22-14-16-7-6-10-20(11-16)26-19-8-4-3-5-9-19/h3-11,17-18,22H,2,12-15H2,1H3,(H,24,25). The van der Waals surface area contributed by atoms with Crippen LogP contribution in [0.3, 0.4) is 0 Å². The summed E-state index contributed by atoms with van der Waals surface area (Å²) >= 11 is 0. The molecule has 5 nitrogen and oxygen atoms in total. The predicted molar refractivity (Wildman–Crippen MR) is 101 cm³/mol. The Labute approximate surface area is 154 Å². The molecule has 26 heavy (non-hydrogen) atoms.